The maximum atomic E-state index is 13.4. The van der Waals surface area contributed by atoms with E-state index in [2.05, 4.69) is 27.7 Å². The summed E-state index contributed by atoms with van der Waals surface area (Å²) in [6, 6.07) is 5.29. The van der Waals surface area contributed by atoms with Crippen LogP contribution in [0.1, 0.15) is 84.6 Å². The molecule has 0 unspecified atom stereocenters. The van der Waals surface area contributed by atoms with Crippen LogP contribution in [0.3, 0.4) is 0 Å². The molecule has 4 rings (SSSR count). The summed E-state index contributed by atoms with van der Waals surface area (Å²) in [4.78, 5) is 38.9. The van der Waals surface area contributed by atoms with Crippen LogP contribution in [-0.2, 0) is 19.1 Å². The molecule has 0 fully saturated rings. The Morgan fingerprint density at radius 2 is 1.50 bits per heavy atom. The monoisotopic (exact) mass is 466 g/mol. The molecular weight excluding hydrogens is 432 g/mol. The molecule has 6 heteroatoms. The molecule has 3 aliphatic rings. The van der Waals surface area contributed by atoms with E-state index < -0.39 is 5.92 Å². The third kappa shape index (κ3) is 4.55. The molecule has 0 N–H and O–H groups in total. The molecule has 0 amide bonds. The van der Waals surface area contributed by atoms with Crippen molar-refractivity contribution in [1.29, 1.82) is 0 Å². The smallest absolute Gasteiger partial charge is 0.311 e. The van der Waals surface area contributed by atoms with Gasteiger partial charge in [0.05, 0.1) is 7.11 Å². The number of esters is 1. The van der Waals surface area contributed by atoms with Gasteiger partial charge in [0, 0.05) is 49.2 Å². The van der Waals surface area contributed by atoms with Gasteiger partial charge in [-0.15, -0.1) is 0 Å². The average Bonchev–Trinajstić information content (AvgIpc) is 2.70. The van der Waals surface area contributed by atoms with Gasteiger partial charge in [-0.1, -0.05) is 40.7 Å². The molecule has 182 valence electrons. The van der Waals surface area contributed by atoms with Crippen molar-refractivity contribution in [3.05, 3.63) is 46.4 Å². The number of benzene rings is 1. The summed E-state index contributed by atoms with van der Waals surface area (Å²) in [7, 11) is 1.51. The van der Waals surface area contributed by atoms with Crippen molar-refractivity contribution in [2.45, 2.75) is 79.1 Å². The van der Waals surface area contributed by atoms with Crippen molar-refractivity contribution < 1.29 is 28.6 Å². The van der Waals surface area contributed by atoms with E-state index in [9.17, 15) is 14.4 Å². The van der Waals surface area contributed by atoms with Gasteiger partial charge in [0.15, 0.2) is 23.1 Å². The van der Waals surface area contributed by atoms with Crippen LogP contribution in [0.4, 0.5) is 0 Å². The van der Waals surface area contributed by atoms with Crippen LogP contribution in [-0.4, -0.2) is 24.6 Å². The second-order valence-corrected chi connectivity index (χ2v) is 11.2. The van der Waals surface area contributed by atoms with Crippen LogP contribution in [0.2, 0.25) is 0 Å². The highest BCUT2D eigenvalue weighted by Gasteiger charge is 2.47. The minimum absolute atomic E-state index is 0.0119. The zero-order valence-electron chi connectivity index (χ0n) is 21.0. The first-order valence-electron chi connectivity index (χ1n) is 12.0. The first kappa shape index (κ1) is 24.2. The standard InChI is InChI=1S/C28H34O6/c1-7-8-23(31)34-19-10-9-16(11-20(19)32-6)24-25-17(29)12-27(2,3)14-21(25)33-22-15-28(4,5)13-18(30)26(22)24/h9-11,24H,7-8,12-15H2,1-6H3. The van der Waals surface area contributed by atoms with Crippen molar-refractivity contribution in [3.63, 3.8) is 0 Å². The summed E-state index contributed by atoms with van der Waals surface area (Å²) in [5.41, 5.74) is 1.49. The molecule has 0 aromatic heterocycles. The lowest BCUT2D eigenvalue weighted by Crippen LogP contribution is -2.37. The maximum Gasteiger partial charge on any atom is 0.311 e. The van der Waals surface area contributed by atoms with E-state index in [1.807, 2.05) is 13.0 Å². The predicted molar refractivity (Wildman–Crippen MR) is 127 cm³/mol. The average molecular weight is 467 g/mol. The van der Waals surface area contributed by atoms with Gasteiger partial charge < -0.3 is 14.2 Å². The van der Waals surface area contributed by atoms with Crippen molar-refractivity contribution in [2.24, 2.45) is 10.8 Å². The minimum atomic E-state index is -0.514. The minimum Gasteiger partial charge on any atom is -0.493 e. The van der Waals surface area contributed by atoms with Gasteiger partial charge >= 0.3 is 5.97 Å². The Hall–Kier alpha value is -2.89. The molecule has 0 bridgehead atoms. The van der Waals surface area contributed by atoms with E-state index in [4.69, 9.17) is 14.2 Å². The molecule has 1 aromatic carbocycles. The lowest BCUT2D eigenvalue weighted by atomic mass is 9.65. The number of hydrogen-bond acceptors (Lipinski definition) is 6. The summed E-state index contributed by atoms with van der Waals surface area (Å²) < 4.78 is 17.4. The second-order valence-electron chi connectivity index (χ2n) is 11.2. The molecule has 0 atom stereocenters. The molecule has 1 aromatic rings. The summed E-state index contributed by atoms with van der Waals surface area (Å²) in [6.45, 7) is 10.2. The molecular formula is C28H34O6. The van der Waals surface area contributed by atoms with Crippen molar-refractivity contribution in [2.75, 3.05) is 7.11 Å². The molecule has 0 radical (unpaired) electrons. The normalized spacial score (nSPS) is 21.6. The van der Waals surface area contributed by atoms with Crippen LogP contribution in [0.25, 0.3) is 0 Å². The Balaban J connectivity index is 1.84. The number of allylic oxidation sites excluding steroid dienone is 4. The van der Waals surface area contributed by atoms with E-state index in [0.29, 0.717) is 72.7 Å². The van der Waals surface area contributed by atoms with Gasteiger partial charge in [-0.25, -0.2) is 0 Å². The van der Waals surface area contributed by atoms with Crippen LogP contribution in [0, 0.1) is 10.8 Å². The van der Waals surface area contributed by atoms with Gasteiger partial charge in [0.1, 0.15) is 11.5 Å². The predicted octanol–water partition coefficient (Wildman–Crippen LogP) is 5.80. The van der Waals surface area contributed by atoms with Gasteiger partial charge in [0.25, 0.3) is 0 Å². The lowest BCUT2D eigenvalue weighted by molar-refractivity contribution is -0.134. The largest absolute Gasteiger partial charge is 0.493 e. The Morgan fingerprint density at radius 1 is 0.941 bits per heavy atom. The second kappa shape index (κ2) is 8.71. The van der Waals surface area contributed by atoms with Crippen LogP contribution in [0.5, 0.6) is 11.5 Å². The molecule has 0 spiro atoms. The van der Waals surface area contributed by atoms with Crippen LogP contribution < -0.4 is 9.47 Å². The molecule has 0 saturated heterocycles. The zero-order valence-corrected chi connectivity index (χ0v) is 21.0. The van der Waals surface area contributed by atoms with Gasteiger partial charge in [-0.3, -0.25) is 14.4 Å². The topological polar surface area (TPSA) is 78.9 Å². The molecule has 6 nitrogen and oxygen atoms in total. The highest BCUT2D eigenvalue weighted by atomic mass is 16.6. The fraction of sp³-hybridized carbons (Fsp3) is 0.536. The fourth-order valence-corrected chi connectivity index (χ4v) is 5.33. The Labute approximate surface area is 201 Å². The van der Waals surface area contributed by atoms with E-state index >= 15 is 0 Å². The summed E-state index contributed by atoms with van der Waals surface area (Å²) in [6.07, 6.45) is 3.08. The zero-order chi connectivity index (χ0) is 24.8. The molecule has 1 heterocycles. The van der Waals surface area contributed by atoms with Crippen LogP contribution >= 0.6 is 0 Å². The first-order chi connectivity index (χ1) is 15.9. The lowest BCUT2D eigenvalue weighted by Gasteiger charge is -2.42. The SMILES string of the molecule is CCCC(=O)Oc1ccc(C2C3=C(CC(C)(C)CC3=O)OC3=C2C(=O)CC(C)(C)C3)cc1OC. The number of rotatable bonds is 5. The number of hydrogen-bond donors (Lipinski definition) is 0. The number of carbonyl (C=O) groups excluding carboxylic acids is 3. The number of Topliss-reactive ketones (excluding diaryl/α,β-unsaturated/α-hetero) is 2. The Bertz CT molecular complexity index is 1070. The fourth-order valence-electron chi connectivity index (χ4n) is 5.33. The summed E-state index contributed by atoms with van der Waals surface area (Å²) in [5.74, 6) is 1.25. The Kier molecular flexibility index (Phi) is 6.21. The van der Waals surface area contributed by atoms with Gasteiger partial charge in [-0.2, -0.15) is 0 Å². The summed E-state index contributed by atoms with van der Waals surface area (Å²) >= 11 is 0. The van der Waals surface area contributed by atoms with E-state index in [-0.39, 0.29) is 28.4 Å². The number of ketones is 2. The van der Waals surface area contributed by atoms with Crippen LogP contribution in [0.15, 0.2) is 40.9 Å². The van der Waals surface area contributed by atoms with E-state index in [1.54, 1.807) is 12.1 Å². The highest BCUT2D eigenvalue weighted by molar-refractivity contribution is 6.06. The number of methoxy groups -OCH3 is 1. The maximum absolute atomic E-state index is 13.4. The Morgan fingerprint density at radius 3 is 2.00 bits per heavy atom. The van der Waals surface area contributed by atoms with Gasteiger partial charge in [0.2, 0.25) is 0 Å². The van der Waals surface area contributed by atoms with E-state index in [1.165, 1.54) is 7.11 Å². The molecule has 34 heavy (non-hydrogen) atoms. The van der Waals surface area contributed by atoms with Crippen molar-refractivity contribution in [3.8, 4) is 11.5 Å². The number of carbonyl (C=O) groups is 3. The highest BCUT2D eigenvalue weighted by Crippen LogP contribution is 2.53. The molecule has 2 aliphatic carbocycles. The first-order valence-corrected chi connectivity index (χ1v) is 12.0. The molecule has 1 aliphatic heterocycles. The van der Waals surface area contributed by atoms with Crippen molar-refractivity contribution >= 4 is 17.5 Å². The number of ether oxygens (including phenoxy) is 3. The van der Waals surface area contributed by atoms with E-state index in [0.717, 1.165) is 5.56 Å². The van der Waals surface area contributed by atoms with Gasteiger partial charge in [-0.05, 0) is 34.9 Å². The quantitative estimate of drug-likeness (QED) is 0.403. The summed E-state index contributed by atoms with van der Waals surface area (Å²) in [5, 5.41) is 0. The molecule has 0 saturated carbocycles. The van der Waals surface area contributed by atoms with Crippen molar-refractivity contribution in [1.82, 2.24) is 0 Å². The third-order valence-electron chi connectivity index (χ3n) is 6.78. The third-order valence-corrected chi connectivity index (χ3v) is 6.78.